The molecule has 1 heterocycles. The summed E-state index contributed by atoms with van der Waals surface area (Å²) in [6.45, 7) is 0.541. The molecule has 0 spiro atoms. The first-order valence-electron chi connectivity index (χ1n) is 12.4. The molecule has 1 aliphatic rings. The maximum absolute atomic E-state index is 13.0. The van der Waals surface area contributed by atoms with Gasteiger partial charge in [0, 0.05) is 82.8 Å². The van der Waals surface area contributed by atoms with E-state index in [1.807, 2.05) is 74.4 Å². The minimum absolute atomic E-state index is 0.107. The minimum atomic E-state index is -2.11. The van der Waals surface area contributed by atoms with Crippen molar-refractivity contribution in [3.05, 3.63) is 47.5 Å². The lowest BCUT2D eigenvalue weighted by atomic mass is 9.96. The van der Waals surface area contributed by atoms with Gasteiger partial charge in [-0.1, -0.05) is 18.6 Å². The molecule has 1 N–H and O–H groups in total. The molecule has 10 heteroatoms. The van der Waals surface area contributed by atoms with E-state index in [1.54, 1.807) is 11.9 Å². The Balaban J connectivity index is 1.66. The average molecular weight is 531 g/mol. The SMILES string of the molecule is CN(CCCCCC(=O)O)C(=O)CC[P+](=O)OC1c2ccc(N(C)C)cc2Oc2cc(N(C)C)ccc21. The normalized spacial score (nSPS) is 12.7. The third-order valence-corrected chi connectivity index (χ3v) is 7.39. The van der Waals surface area contributed by atoms with E-state index < -0.39 is 20.1 Å². The number of anilines is 2. The standard InChI is InChI=1S/C27H36N3O6P/c1-28(2)19-10-12-21-23(17-19)35-24-18-20(29(3)4)11-13-22(24)27(21)36-37(34)16-14-25(31)30(5)15-8-6-7-9-26(32)33/h10-13,17-18,27H,6-9,14-16H2,1-5H3/p+1. The van der Waals surface area contributed by atoms with Crippen molar-refractivity contribution in [2.75, 3.05) is 57.7 Å². The Labute approximate surface area is 219 Å². The van der Waals surface area contributed by atoms with Gasteiger partial charge in [-0.25, -0.2) is 0 Å². The maximum Gasteiger partial charge on any atom is 0.509 e. The van der Waals surface area contributed by atoms with Crippen LogP contribution in [0.25, 0.3) is 0 Å². The molecule has 0 saturated heterocycles. The lowest BCUT2D eigenvalue weighted by molar-refractivity contribution is -0.137. The summed E-state index contributed by atoms with van der Waals surface area (Å²) >= 11 is 0. The van der Waals surface area contributed by atoms with Crippen LogP contribution in [-0.4, -0.2) is 69.8 Å². The lowest BCUT2D eigenvalue weighted by Gasteiger charge is -2.27. The molecule has 1 amide bonds. The van der Waals surface area contributed by atoms with Crippen LogP contribution in [0.1, 0.15) is 49.3 Å². The first kappa shape index (κ1) is 28.4. The summed E-state index contributed by atoms with van der Waals surface area (Å²) in [5.41, 5.74) is 3.55. The van der Waals surface area contributed by atoms with Crippen molar-refractivity contribution in [1.29, 1.82) is 0 Å². The van der Waals surface area contributed by atoms with E-state index in [1.165, 1.54) is 0 Å². The Morgan fingerprint density at radius 1 is 0.892 bits per heavy atom. The fourth-order valence-corrected chi connectivity index (χ4v) is 5.03. The zero-order valence-electron chi connectivity index (χ0n) is 22.3. The molecule has 1 unspecified atom stereocenters. The number of aliphatic carboxylic acids is 1. The molecule has 0 aromatic heterocycles. The van der Waals surface area contributed by atoms with Gasteiger partial charge in [0.1, 0.15) is 11.5 Å². The zero-order chi connectivity index (χ0) is 27.1. The van der Waals surface area contributed by atoms with E-state index in [0.29, 0.717) is 24.5 Å². The van der Waals surface area contributed by atoms with Gasteiger partial charge >= 0.3 is 14.0 Å². The van der Waals surface area contributed by atoms with Gasteiger partial charge < -0.3 is 24.5 Å². The fraction of sp³-hybridized carbons (Fsp3) is 0.481. The molecule has 2 aromatic carbocycles. The molecule has 0 radical (unpaired) electrons. The highest BCUT2D eigenvalue weighted by Gasteiger charge is 2.36. The van der Waals surface area contributed by atoms with Gasteiger partial charge in [-0.15, -0.1) is 4.52 Å². The van der Waals surface area contributed by atoms with Crippen molar-refractivity contribution < 1.29 is 28.5 Å². The smallest absolute Gasteiger partial charge is 0.481 e. The number of carboxylic acid groups (broad SMARTS) is 1. The van der Waals surface area contributed by atoms with E-state index in [4.69, 9.17) is 14.4 Å². The van der Waals surface area contributed by atoms with Gasteiger partial charge in [0.05, 0.1) is 6.42 Å². The van der Waals surface area contributed by atoms with Crippen LogP contribution >= 0.6 is 8.03 Å². The number of carbonyl (C=O) groups is 2. The van der Waals surface area contributed by atoms with Gasteiger partial charge in [-0.2, -0.15) is 0 Å². The lowest BCUT2D eigenvalue weighted by Crippen LogP contribution is -2.28. The largest absolute Gasteiger partial charge is 0.509 e. The van der Waals surface area contributed by atoms with Crippen molar-refractivity contribution >= 4 is 31.3 Å². The highest BCUT2D eigenvalue weighted by molar-refractivity contribution is 7.39. The van der Waals surface area contributed by atoms with Gasteiger partial charge in [0.25, 0.3) is 0 Å². The number of hydrogen-bond donors (Lipinski definition) is 1. The Bertz CT molecular complexity index is 1080. The summed E-state index contributed by atoms with van der Waals surface area (Å²) in [4.78, 5) is 28.7. The molecule has 9 nitrogen and oxygen atoms in total. The number of nitrogens with zero attached hydrogens (tertiary/aromatic N) is 3. The van der Waals surface area contributed by atoms with Gasteiger partial charge in [0.2, 0.25) is 5.91 Å². The Morgan fingerprint density at radius 3 is 1.97 bits per heavy atom. The van der Waals surface area contributed by atoms with Crippen molar-refractivity contribution in [2.45, 2.75) is 38.2 Å². The first-order chi connectivity index (χ1) is 17.6. The fourth-order valence-electron chi connectivity index (χ4n) is 4.09. The van der Waals surface area contributed by atoms with Crippen LogP contribution in [0.5, 0.6) is 11.5 Å². The number of benzene rings is 2. The molecule has 0 saturated carbocycles. The molecule has 37 heavy (non-hydrogen) atoms. The number of rotatable bonds is 13. The van der Waals surface area contributed by atoms with Crippen LogP contribution in [0.15, 0.2) is 36.4 Å². The minimum Gasteiger partial charge on any atom is -0.481 e. The molecule has 0 bridgehead atoms. The molecule has 1 atom stereocenters. The van der Waals surface area contributed by atoms with E-state index in [-0.39, 0.29) is 24.9 Å². The van der Waals surface area contributed by atoms with Crippen LogP contribution in [0.2, 0.25) is 0 Å². The van der Waals surface area contributed by atoms with Gasteiger partial charge in [0.15, 0.2) is 12.3 Å². The number of carboxylic acids is 1. The topological polar surface area (TPSA) is 99.6 Å². The quantitative estimate of drug-likeness (QED) is 0.276. The summed E-state index contributed by atoms with van der Waals surface area (Å²) in [7, 11) is 7.42. The summed E-state index contributed by atoms with van der Waals surface area (Å²) in [6, 6.07) is 11.7. The highest BCUT2D eigenvalue weighted by Crippen LogP contribution is 2.50. The summed E-state index contributed by atoms with van der Waals surface area (Å²) < 4.78 is 25.3. The zero-order valence-corrected chi connectivity index (χ0v) is 23.2. The molecular weight excluding hydrogens is 493 g/mol. The van der Waals surface area contributed by atoms with E-state index in [2.05, 4.69) is 0 Å². The van der Waals surface area contributed by atoms with Gasteiger partial charge in [-0.05, 0) is 29.5 Å². The predicted octanol–water partition coefficient (Wildman–Crippen LogP) is 5.27. The third kappa shape index (κ3) is 7.66. The van der Waals surface area contributed by atoms with E-state index in [0.717, 1.165) is 35.3 Å². The van der Waals surface area contributed by atoms with Crippen molar-refractivity contribution in [2.24, 2.45) is 0 Å². The maximum atomic E-state index is 13.0. The van der Waals surface area contributed by atoms with Gasteiger partial charge in [-0.3, -0.25) is 9.59 Å². The van der Waals surface area contributed by atoms with Crippen LogP contribution < -0.4 is 14.5 Å². The number of fused-ring (bicyclic) bond motifs is 2. The summed E-state index contributed by atoms with van der Waals surface area (Å²) in [5.74, 6) is 0.395. The first-order valence-corrected chi connectivity index (χ1v) is 13.8. The number of hydrogen-bond acceptors (Lipinski definition) is 7. The molecule has 2 aromatic rings. The monoisotopic (exact) mass is 530 g/mol. The predicted molar refractivity (Wildman–Crippen MR) is 145 cm³/mol. The molecule has 3 rings (SSSR count). The number of ether oxygens (including phenoxy) is 1. The average Bonchev–Trinajstić information content (AvgIpc) is 2.85. The molecule has 0 aliphatic carbocycles. The molecule has 1 aliphatic heterocycles. The second kappa shape index (κ2) is 12.9. The van der Waals surface area contributed by atoms with E-state index in [9.17, 15) is 14.2 Å². The Hall–Kier alpha value is -3.16. The highest BCUT2D eigenvalue weighted by atomic mass is 31.1. The van der Waals surface area contributed by atoms with Crippen molar-refractivity contribution in [3.63, 3.8) is 0 Å². The number of amides is 1. The number of carbonyl (C=O) groups excluding carboxylic acids is 1. The van der Waals surface area contributed by atoms with E-state index >= 15 is 0 Å². The molecular formula is C27H37N3O6P+. The van der Waals surface area contributed by atoms with Crippen LogP contribution in [0, 0.1) is 0 Å². The van der Waals surface area contributed by atoms with Crippen molar-refractivity contribution in [1.82, 2.24) is 4.90 Å². The third-order valence-electron chi connectivity index (χ3n) is 6.35. The number of unbranched alkanes of at least 4 members (excludes halogenated alkanes) is 2. The Morgan fingerprint density at radius 2 is 1.46 bits per heavy atom. The second-order valence-electron chi connectivity index (χ2n) is 9.65. The Kier molecular flexibility index (Phi) is 9.89. The summed E-state index contributed by atoms with van der Waals surface area (Å²) in [6.07, 6.45) is 1.87. The summed E-state index contributed by atoms with van der Waals surface area (Å²) in [5, 5.41) is 8.71. The van der Waals surface area contributed by atoms with Crippen LogP contribution in [-0.2, 0) is 18.7 Å². The van der Waals surface area contributed by atoms with Crippen molar-refractivity contribution in [3.8, 4) is 11.5 Å². The molecule has 0 fully saturated rings. The van der Waals surface area contributed by atoms with Crippen LogP contribution in [0.3, 0.4) is 0 Å². The molecule has 200 valence electrons. The van der Waals surface area contributed by atoms with Crippen LogP contribution in [0.4, 0.5) is 11.4 Å². The second-order valence-corrected chi connectivity index (χ2v) is 11.0.